The third kappa shape index (κ3) is 5.64. The van der Waals surface area contributed by atoms with Crippen LogP contribution in [0.3, 0.4) is 0 Å². The Morgan fingerprint density at radius 1 is 1.00 bits per heavy atom. The van der Waals surface area contributed by atoms with Gasteiger partial charge in [0.25, 0.3) is 0 Å². The van der Waals surface area contributed by atoms with E-state index in [4.69, 9.17) is 14.7 Å². The van der Waals surface area contributed by atoms with Crippen LogP contribution in [0, 0.1) is 11.3 Å². The molecule has 0 saturated carbocycles. The molecule has 21 heavy (non-hydrogen) atoms. The highest BCUT2D eigenvalue weighted by molar-refractivity contribution is 5.28. The van der Waals surface area contributed by atoms with Gasteiger partial charge in [-0.05, 0) is 29.8 Å². The summed E-state index contributed by atoms with van der Waals surface area (Å²) < 4.78 is 11.1. The average molecular weight is 282 g/mol. The number of hydrogen-bond donors (Lipinski definition) is 0. The summed E-state index contributed by atoms with van der Waals surface area (Å²) in [7, 11) is 0. The molecule has 0 amide bonds. The van der Waals surface area contributed by atoms with Gasteiger partial charge in [0.15, 0.2) is 0 Å². The SMILES string of the molecule is N#CCc1ccc(OCCOCCc2ccccn2)cc1. The van der Waals surface area contributed by atoms with Gasteiger partial charge in [-0.2, -0.15) is 5.26 Å². The molecule has 0 bridgehead atoms. The number of nitrogens with zero attached hydrogens (tertiary/aromatic N) is 2. The number of pyridine rings is 1. The number of hydrogen-bond acceptors (Lipinski definition) is 4. The summed E-state index contributed by atoms with van der Waals surface area (Å²) in [4.78, 5) is 4.23. The molecule has 0 aliphatic rings. The van der Waals surface area contributed by atoms with Crippen LogP contribution in [0.2, 0.25) is 0 Å². The molecule has 0 N–H and O–H groups in total. The molecule has 0 unspecified atom stereocenters. The van der Waals surface area contributed by atoms with Crippen molar-refractivity contribution >= 4 is 0 Å². The molecule has 0 saturated heterocycles. The van der Waals surface area contributed by atoms with Gasteiger partial charge in [-0.1, -0.05) is 18.2 Å². The quantitative estimate of drug-likeness (QED) is 0.699. The van der Waals surface area contributed by atoms with Crippen molar-refractivity contribution in [3.8, 4) is 11.8 Å². The van der Waals surface area contributed by atoms with Crippen molar-refractivity contribution < 1.29 is 9.47 Å². The normalized spacial score (nSPS) is 10.0. The third-order valence-electron chi connectivity index (χ3n) is 2.93. The molecule has 0 fully saturated rings. The number of nitriles is 1. The molecule has 0 aliphatic heterocycles. The van der Waals surface area contributed by atoms with Crippen LogP contribution < -0.4 is 4.74 Å². The molecule has 1 aromatic carbocycles. The molecule has 1 heterocycles. The van der Waals surface area contributed by atoms with Crippen molar-refractivity contribution in [2.75, 3.05) is 19.8 Å². The summed E-state index contributed by atoms with van der Waals surface area (Å²) in [5, 5.41) is 8.59. The highest BCUT2D eigenvalue weighted by Crippen LogP contribution is 2.12. The molecule has 0 atom stereocenters. The summed E-state index contributed by atoms with van der Waals surface area (Å²) in [6, 6.07) is 15.5. The first kappa shape index (κ1) is 15.0. The summed E-state index contributed by atoms with van der Waals surface area (Å²) in [6.45, 7) is 1.70. The minimum absolute atomic E-state index is 0.427. The van der Waals surface area contributed by atoms with Crippen molar-refractivity contribution in [2.24, 2.45) is 0 Å². The molecule has 2 aromatic rings. The van der Waals surface area contributed by atoms with Gasteiger partial charge >= 0.3 is 0 Å². The smallest absolute Gasteiger partial charge is 0.119 e. The van der Waals surface area contributed by atoms with Crippen molar-refractivity contribution in [3.63, 3.8) is 0 Å². The highest BCUT2D eigenvalue weighted by Gasteiger charge is 1.97. The fraction of sp³-hybridized carbons (Fsp3) is 0.294. The van der Waals surface area contributed by atoms with Crippen LogP contribution in [0.25, 0.3) is 0 Å². The molecule has 0 radical (unpaired) electrons. The van der Waals surface area contributed by atoms with Gasteiger partial charge in [0, 0.05) is 18.3 Å². The van der Waals surface area contributed by atoms with Gasteiger partial charge in [0.1, 0.15) is 12.4 Å². The van der Waals surface area contributed by atoms with Crippen LogP contribution >= 0.6 is 0 Å². The lowest BCUT2D eigenvalue weighted by Gasteiger charge is -2.07. The van der Waals surface area contributed by atoms with E-state index in [0.717, 1.165) is 23.4 Å². The molecular weight excluding hydrogens is 264 g/mol. The topological polar surface area (TPSA) is 55.1 Å². The van der Waals surface area contributed by atoms with E-state index in [-0.39, 0.29) is 0 Å². The lowest BCUT2D eigenvalue weighted by Crippen LogP contribution is -2.09. The molecule has 4 nitrogen and oxygen atoms in total. The van der Waals surface area contributed by atoms with Gasteiger partial charge in [-0.15, -0.1) is 0 Å². The van der Waals surface area contributed by atoms with Crippen LogP contribution in [0.15, 0.2) is 48.7 Å². The maximum atomic E-state index is 8.59. The molecule has 4 heteroatoms. The van der Waals surface area contributed by atoms with E-state index < -0.39 is 0 Å². The zero-order valence-corrected chi connectivity index (χ0v) is 11.9. The van der Waals surface area contributed by atoms with Crippen LogP contribution in [-0.4, -0.2) is 24.8 Å². The van der Waals surface area contributed by atoms with E-state index in [1.807, 2.05) is 42.5 Å². The summed E-state index contributed by atoms with van der Waals surface area (Å²) in [5.41, 5.74) is 2.03. The maximum Gasteiger partial charge on any atom is 0.119 e. The Kier molecular flexibility index (Phi) is 6.24. The molecule has 0 aliphatic carbocycles. The van der Waals surface area contributed by atoms with Crippen molar-refractivity contribution in [1.29, 1.82) is 5.26 Å². The van der Waals surface area contributed by atoms with E-state index in [9.17, 15) is 0 Å². The molecule has 2 rings (SSSR count). The number of ether oxygens (including phenoxy) is 2. The van der Waals surface area contributed by atoms with E-state index >= 15 is 0 Å². The molecule has 108 valence electrons. The van der Waals surface area contributed by atoms with E-state index in [1.165, 1.54) is 0 Å². The van der Waals surface area contributed by atoms with Crippen molar-refractivity contribution in [3.05, 3.63) is 59.9 Å². The second kappa shape index (κ2) is 8.72. The first-order chi connectivity index (χ1) is 10.4. The van der Waals surface area contributed by atoms with Gasteiger partial charge < -0.3 is 9.47 Å². The van der Waals surface area contributed by atoms with Gasteiger partial charge in [0.05, 0.1) is 25.7 Å². The monoisotopic (exact) mass is 282 g/mol. The van der Waals surface area contributed by atoms with Crippen molar-refractivity contribution in [1.82, 2.24) is 4.98 Å². The fourth-order valence-corrected chi connectivity index (χ4v) is 1.84. The molecule has 0 spiro atoms. The van der Waals surface area contributed by atoms with E-state index in [0.29, 0.717) is 26.2 Å². The van der Waals surface area contributed by atoms with E-state index in [2.05, 4.69) is 11.1 Å². The lowest BCUT2D eigenvalue weighted by atomic mass is 10.2. The third-order valence-corrected chi connectivity index (χ3v) is 2.93. The Balaban J connectivity index is 1.58. The zero-order chi connectivity index (χ0) is 14.8. The minimum Gasteiger partial charge on any atom is -0.491 e. The first-order valence-electron chi connectivity index (χ1n) is 6.95. The van der Waals surface area contributed by atoms with E-state index in [1.54, 1.807) is 6.20 Å². The lowest BCUT2D eigenvalue weighted by molar-refractivity contribution is 0.102. The number of aromatic nitrogens is 1. The van der Waals surface area contributed by atoms with Gasteiger partial charge in [-0.25, -0.2) is 0 Å². The standard InChI is InChI=1S/C17H18N2O2/c18-10-8-15-4-6-17(7-5-15)21-14-13-20-12-9-16-3-1-2-11-19-16/h1-7,11H,8-9,12-14H2. The Morgan fingerprint density at radius 2 is 1.86 bits per heavy atom. The minimum atomic E-state index is 0.427. The summed E-state index contributed by atoms with van der Waals surface area (Å²) in [5.74, 6) is 0.796. The highest BCUT2D eigenvalue weighted by atomic mass is 16.5. The second-order valence-corrected chi connectivity index (χ2v) is 4.51. The largest absolute Gasteiger partial charge is 0.491 e. The van der Waals surface area contributed by atoms with Crippen LogP contribution in [-0.2, 0) is 17.6 Å². The second-order valence-electron chi connectivity index (χ2n) is 4.51. The Morgan fingerprint density at radius 3 is 2.57 bits per heavy atom. The predicted octanol–water partition coefficient (Wildman–Crippen LogP) is 2.79. The van der Waals surface area contributed by atoms with Crippen LogP contribution in [0.4, 0.5) is 0 Å². The molecular formula is C17H18N2O2. The number of rotatable bonds is 8. The average Bonchev–Trinajstić information content (AvgIpc) is 2.53. The Hall–Kier alpha value is -2.38. The predicted molar refractivity (Wildman–Crippen MR) is 80.0 cm³/mol. The van der Waals surface area contributed by atoms with Gasteiger partial charge in [0.2, 0.25) is 0 Å². The Bertz CT molecular complexity index is 562. The molecule has 1 aromatic heterocycles. The van der Waals surface area contributed by atoms with Gasteiger partial charge in [-0.3, -0.25) is 4.98 Å². The first-order valence-corrected chi connectivity index (χ1v) is 6.95. The van der Waals surface area contributed by atoms with Crippen molar-refractivity contribution in [2.45, 2.75) is 12.8 Å². The number of benzene rings is 1. The van der Waals surface area contributed by atoms with Crippen LogP contribution in [0.5, 0.6) is 5.75 Å². The summed E-state index contributed by atoms with van der Waals surface area (Å²) >= 11 is 0. The Labute approximate surface area is 125 Å². The zero-order valence-electron chi connectivity index (χ0n) is 11.9. The summed E-state index contributed by atoms with van der Waals surface area (Å²) in [6.07, 6.45) is 3.02. The van der Waals surface area contributed by atoms with Crippen LogP contribution in [0.1, 0.15) is 11.3 Å². The maximum absolute atomic E-state index is 8.59. The fourth-order valence-electron chi connectivity index (χ4n) is 1.84.